The Hall–Kier alpha value is 0.171. The van der Waals surface area contributed by atoms with Crippen molar-refractivity contribution in [3.05, 3.63) is 22.5 Å². The Bertz CT molecular complexity index is 381. The smallest absolute Gasteiger partial charge is 0.480 e. The second kappa shape index (κ2) is 6.04. The van der Waals surface area contributed by atoms with Crippen LogP contribution in [0.25, 0.3) is 0 Å². The van der Waals surface area contributed by atoms with Crippen molar-refractivity contribution in [2.45, 2.75) is 6.44 Å². The SMILES string of the molecule is COc1ccc(=O)n(C[B-](F)(F)F)n1.[K+]. The molecule has 0 bridgehead atoms. The van der Waals surface area contributed by atoms with Gasteiger partial charge in [0.05, 0.1) is 7.11 Å². The van der Waals surface area contributed by atoms with E-state index in [9.17, 15) is 17.7 Å². The van der Waals surface area contributed by atoms with Crippen LogP contribution in [0.3, 0.4) is 0 Å². The molecule has 0 aromatic carbocycles. The van der Waals surface area contributed by atoms with Gasteiger partial charge in [-0.05, 0) is 0 Å². The van der Waals surface area contributed by atoms with Gasteiger partial charge in [0.25, 0.3) is 5.56 Å². The zero-order chi connectivity index (χ0) is 10.8. The van der Waals surface area contributed by atoms with Crippen LogP contribution >= 0.6 is 0 Å². The predicted octanol–water partition coefficient (Wildman–Crippen LogP) is -2.36. The summed E-state index contributed by atoms with van der Waals surface area (Å²) in [7, 11) is 1.26. The van der Waals surface area contributed by atoms with Gasteiger partial charge in [-0.15, -0.1) is 5.10 Å². The van der Waals surface area contributed by atoms with E-state index in [0.717, 1.165) is 6.07 Å². The van der Waals surface area contributed by atoms with E-state index in [1.165, 1.54) is 13.2 Å². The van der Waals surface area contributed by atoms with E-state index >= 15 is 0 Å². The van der Waals surface area contributed by atoms with Crippen LogP contribution in [0.2, 0.25) is 0 Å². The number of nitrogens with zero attached hydrogens (tertiary/aromatic N) is 2. The van der Waals surface area contributed by atoms with Gasteiger partial charge in [-0.25, -0.2) is 0 Å². The topological polar surface area (TPSA) is 44.1 Å². The molecule has 15 heavy (non-hydrogen) atoms. The van der Waals surface area contributed by atoms with E-state index in [4.69, 9.17) is 0 Å². The third kappa shape index (κ3) is 5.16. The molecule has 1 aromatic heterocycles. The molecule has 1 heterocycles. The number of aromatic nitrogens is 2. The molecule has 9 heteroatoms. The minimum atomic E-state index is -5.08. The average molecular weight is 246 g/mol. The molecule has 0 amide bonds. The first-order valence-corrected chi connectivity index (χ1v) is 3.75. The molecule has 0 aliphatic rings. The summed E-state index contributed by atoms with van der Waals surface area (Å²) in [6.07, 6.45) is -1.35. The predicted molar refractivity (Wildman–Crippen MR) is 44.1 cm³/mol. The first kappa shape index (κ1) is 15.2. The van der Waals surface area contributed by atoms with Crippen LogP contribution in [0.5, 0.6) is 5.88 Å². The van der Waals surface area contributed by atoms with Gasteiger partial charge in [0.15, 0.2) is 0 Å². The number of hydrogen-bond acceptors (Lipinski definition) is 3. The minimum absolute atomic E-state index is 0. The first-order chi connectivity index (χ1) is 6.42. The largest absolute Gasteiger partial charge is 1.00 e. The van der Waals surface area contributed by atoms with Gasteiger partial charge in [0.1, 0.15) is 0 Å². The molecule has 0 atom stereocenters. The summed E-state index contributed by atoms with van der Waals surface area (Å²) < 4.78 is 40.9. The normalized spacial score (nSPS) is 10.7. The summed E-state index contributed by atoms with van der Waals surface area (Å²) >= 11 is 0. The van der Waals surface area contributed by atoms with Gasteiger partial charge in [0, 0.05) is 18.6 Å². The summed E-state index contributed by atoms with van der Waals surface area (Å²) in [5.41, 5.74) is -0.801. The van der Waals surface area contributed by atoms with Gasteiger partial charge in [-0.2, -0.15) is 0 Å². The molecule has 1 rings (SSSR count). The quantitative estimate of drug-likeness (QED) is 0.560. The van der Waals surface area contributed by atoms with Crippen LogP contribution in [0.4, 0.5) is 12.9 Å². The maximum absolute atomic E-state index is 12.0. The molecule has 0 aliphatic heterocycles. The van der Waals surface area contributed by atoms with Crippen LogP contribution in [0.15, 0.2) is 16.9 Å². The summed E-state index contributed by atoms with van der Waals surface area (Å²) in [4.78, 5) is 10.9. The maximum Gasteiger partial charge on any atom is 1.00 e. The molecule has 78 valence electrons. The van der Waals surface area contributed by atoms with Gasteiger partial charge in [0.2, 0.25) is 5.88 Å². The van der Waals surface area contributed by atoms with E-state index in [1.54, 1.807) is 0 Å². The molecular formula is C6H7BF3KN2O2. The molecule has 1 aromatic rings. The van der Waals surface area contributed by atoms with E-state index in [2.05, 4.69) is 9.84 Å². The van der Waals surface area contributed by atoms with Gasteiger partial charge < -0.3 is 17.7 Å². The Kier molecular flexibility index (Phi) is 6.11. The molecule has 0 fully saturated rings. The molecule has 0 unspecified atom stereocenters. The molecule has 0 saturated heterocycles. The van der Waals surface area contributed by atoms with Crippen molar-refractivity contribution in [2.75, 3.05) is 7.11 Å². The number of halogens is 3. The summed E-state index contributed by atoms with van der Waals surface area (Å²) in [5.74, 6) is -0.0235. The zero-order valence-electron chi connectivity index (χ0n) is 8.28. The monoisotopic (exact) mass is 246 g/mol. The van der Waals surface area contributed by atoms with Gasteiger partial charge in [-0.3, -0.25) is 9.48 Å². The number of hydrogen-bond donors (Lipinski definition) is 0. The zero-order valence-corrected chi connectivity index (χ0v) is 11.4. The first-order valence-electron chi connectivity index (χ1n) is 3.75. The summed E-state index contributed by atoms with van der Waals surface area (Å²) in [6, 6.07) is 2.19. The van der Waals surface area contributed by atoms with Crippen LogP contribution < -0.4 is 61.7 Å². The number of ether oxygens (including phenoxy) is 1. The van der Waals surface area contributed by atoms with Crippen molar-refractivity contribution in [3.63, 3.8) is 0 Å². The van der Waals surface area contributed by atoms with E-state index < -0.39 is 19.0 Å². The fourth-order valence-corrected chi connectivity index (χ4v) is 0.866. The second-order valence-corrected chi connectivity index (χ2v) is 2.61. The minimum Gasteiger partial charge on any atom is -0.480 e. The van der Waals surface area contributed by atoms with Crippen molar-refractivity contribution >= 4 is 6.98 Å². The Balaban J connectivity index is 0.00000196. The molecule has 0 radical (unpaired) electrons. The van der Waals surface area contributed by atoms with Crippen molar-refractivity contribution in [1.82, 2.24) is 9.78 Å². The van der Waals surface area contributed by atoms with E-state index in [0.29, 0.717) is 4.68 Å². The molecular weight excluding hydrogens is 239 g/mol. The second-order valence-electron chi connectivity index (χ2n) is 2.61. The van der Waals surface area contributed by atoms with Crippen LogP contribution in [0.1, 0.15) is 0 Å². The van der Waals surface area contributed by atoms with Crippen LogP contribution in [-0.4, -0.2) is 23.9 Å². The Morgan fingerprint density at radius 2 is 2.07 bits per heavy atom. The maximum atomic E-state index is 12.0. The molecule has 0 saturated carbocycles. The average Bonchev–Trinajstić information content (AvgIpc) is 2.06. The number of rotatable bonds is 3. The van der Waals surface area contributed by atoms with Crippen molar-refractivity contribution in [1.29, 1.82) is 0 Å². The van der Waals surface area contributed by atoms with Crippen LogP contribution in [-0.2, 0) is 6.44 Å². The fourth-order valence-electron chi connectivity index (χ4n) is 0.866. The molecule has 0 spiro atoms. The summed E-state index contributed by atoms with van der Waals surface area (Å²) in [5, 5.41) is 3.35. The standard InChI is InChI=1S/C6H7BF3N2O2.K/c1-14-5-2-3-6(13)12(11-5)4-7(8,9)10;/h2-3H,4H2,1H3;/q-1;+1. The fraction of sp³-hybridized carbons (Fsp3) is 0.333. The Morgan fingerprint density at radius 1 is 1.47 bits per heavy atom. The van der Waals surface area contributed by atoms with Gasteiger partial charge in [-0.1, -0.05) is 0 Å². The van der Waals surface area contributed by atoms with Crippen LogP contribution in [0, 0.1) is 0 Å². The Labute approximate surface area is 126 Å². The van der Waals surface area contributed by atoms with E-state index in [-0.39, 0.29) is 57.3 Å². The van der Waals surface area contributed by atoms with Gasteiger partial charge >= 0.3 is 58.4 Å². The van der Waals surface area contributed by atoms with Crippen molar-refractivity contribution in [3.8, 4) is 5.88 Å². The number of methoxy groups -OCH3 is 1. The molecule has 0 N–H and O–H groups in total. The van der Waals surface area contributed by atoms with E-state index in [1.807, 2.05) is 0 Å². The molecule has 0 aliphatic carbocycles. The molecule has 4 nitrogen and oxygen atoms in total. The third-order valence-electron chi connectivity index (χ3n) is 1.43. The Morgan fingerprint density at radius 3 is 2.53 bits per heavy atom. The van der Waals surface area contributed by atoms with Crippen molar-refractivity contribution < 1.29 is 69.1 Å². The third-order valence-corrected chi connectivity index (χ3v) is 1.43. The van der Waals surface area contributed by atoms with Crippen molar-refractivity contribution in [2.24, 2.45) is 0 Å². The summed E-state index contributed by atoms with van der Waals surface area (Å²) in [6.45, 7) is -5.08.